The lowest BCUT2D eigenvalue weighted by Gasteiger charge is -2.31. The zero-order chi connectivity index (χ0) is 12.8. The van der Waals surface area contributed by atoms with Crippen molar-refractivity contribution in [2.45, 2.75) is 46.1 Å². The molecule has 0 amide bonds. The molecule has 0 radical (unpaired) electrons. The van der Waals surface area contributed by atoms with Crippen LogP contribution in [0, 0.1) is 0 Å². The van der Waals surface area contributed by atoms with Gasteiger partial charge in [-0.1, -0.05) is 12.2 Å². The largest absolute Gasteiger partial charge is 0.381 e. The van der Waals surface area contributed by atoms with E-state index in [4.69, 9.17) is 0 Å². The molecule has 0 aliphatic rings. The fourth-order valence-corrected chi connectivity index (χ4v) is 1.83. The molecule has 0 saturated carbocycles. The van der Waals surface area contributed by atoms with Crippen molar-refractivity contribution in [2.24, 2.45) is 0 Å². The Bertz CT molecular complexity index is 246. The Labute approximate surface area is 101 Å². The quantitative estimate of drug-likeness (QED) is 0.702. The van der Waals surface area contributed by atoms with Crippen molar-refractivity contribution in [3.05, 3.63) is 23.3 Å². The molecule has 0 heterocycles. The second-order valence-electron chi connectivity index (χ2n) is 4.71. The van der Waals surface area contributed by atoms with Crippen LogP contribution in [0.1, 0.15) is 40.5 Å². The third-order valence-electron chi connectivity index (χ3n) is 3.31. The number of hydrogen-bond acceptors (Lipinski definition) is 2. The molecule has 0 spiro atoms. The highest BCUT2D eigenvalue weighted by Crippen LogP contribution is 2.30. The predicted octanol–water partition coefficient (Wildman–Crippen LogP) is 2.99. The molecule has 2 heteroatoms. The predicted molar refractivity (Wildman–Crippen MR) is 71.6 cm³/mol. The second-order valence-corrected chi connectivity index (χ2v) is 4.71. The van der Waals surface area contributed by atoms with Gasteiger partial charge >= 0.3 is 0 Å². The monoisotopic (exact) mass is 225 g/mol. The maximum atomic E-state index is 10.7. The van der Waals surface area contributed by atoms with Gasteiger partial charge in [0.1, 0.15) is 5.60 Å². The van der Waals surface area contributed by atoms with E-state index in [1.54, 1.807) is 0 Å². The summed E-state index contributed by atoms with van der Waals surface area (Å²) in [6.45, 7) is 8.98. The molecule has 0 fully saturated rings. The van der Waals surface area contributed by atoms with E-state index in [-0.39, 0.29) is 0 Å². The normalized spacial score (nSPS) is 17.8. The van der Waals surface area contributed by atoms with Gasteiger partial charge in [-0.05, 0) is 72.3 Å². The maximum Gasteiger partial charge on any atom is 0.106 e. The first-order chi connectivity index (χ1) is 7.38. The van der Waals surface area contributed by atoms with Gasteiger partial charge in [0.2, 0.25) is 0 Å². The summed E-state index contributed by atoms with van der Waals surface area (Å²) in [5, 5.41) is 10.7. The molecule has 0 unspecified atom stereocenters. The van der Waals surface area contributed by atoms with Crippen molar-refractivity contribution in [1.82, 2.24) is 4.90 Å². The summed E-state index contributed by atoms with van der Waals surface area (Å²) in [6.07, 6.45) is 5.79. The zero-order valence-electron chi connectivity index (χ0n) is 11.7. The summed E-state index contributed by atoms with van der Waals surface area (Å²) in [5.74, 6) is 0. The van der Waals surface area contributed by atoms with E-state index in [1.165, 1.54) is 0 Å². The topological polar surface area (TPSA) is 23.5 Å². The Morgan fingerprint density at radius 2 is 1.56 bits per heavy atom. The van der Waals surface area contributed by atoms with Crippen molar-refractivity contribution < 1.29 is 5.11 Å². The Morgan fingerprint density at radius 1 is 1.12 bits per heavy atom. The highest BCUT2D eigenvalue weighted by molar-refractivity contribution is 5.29. The number of nitrogens with zero attached hydrogens (tertiary/aromatic N) is 1. The second kappa shape index (κ2) is 6.87. The number of rotatable bonds is 6. The lowest BCUT2D eigenvalue weighted by atomic mass is 9.83. The van der Waals surface area contributed by atoms with Crippen LogP contribution in [0.25, 0.3) is 0 Å². The SMILES string of the molecule is C/C=C(\C)C(O)(CCCN(C)C)/C(C)=C/C. The van der Waals surface area contributed by atoms with Crippen LogP contribution < -0.4 is 0 Å². The van der Waals surface area contributed by atoms with E-state index in [9.17, 15) is 5.11 Å². The van der Waals surface area contributed by atoms with Gasteiger partial charge in [0.25, 0.3) is 0 Å². The standard InChI is InChI=1S/C14H27NO/c1-7-12(3)14(16,13(4)8-2)10-9-11-15(5)6/h7-8,16H,9-11H2,1-6H3/b12-7+,13-8+. The highest BCUT2D eigenvalue weighted by atomic mass is 16.3. The number of hydrogen-bond donors (Lipinski definition) is 1. The van der Waals surface area contributed by atoms with Crippen molar-refractivity contribution in [3.63, 3.8) is 0 Å². The van der Waals surface area contributed by atoms with E-state index >= 15 is 0 Å². The van der Waals surface area contributed by atoms with Crippen LogP contribution in [0.5, 0.6) is 0 Å². The van der Waals surface area contributed by atoms with Gasteiger partial charge in [-0.15, -0.1) is 0 Å². The summed E-state index contributed by atoms with van der Waals surface area (Å²) < 4.78 is 0. The number of aliphatic hydroxyl groups is 1. The first-order valence-corrected chi connectivity index (χ1v) is 6.02. The fourth-order valence-electron chi connectivity index (χ4n) is 1.83. The molecule has 0 atom stereocenters. The summed E-state index contributed by atoms with van der Waals surface area (Å²) >= 11 is 0. The van der Waals surface area contributed by atoms with Gasteiger partial charge in [-0.25, -0.2) is 0 Å². The van der Waals surface area contributed by atoms with E-state index in [0.29, 0.717) is 0 Å². The first-order valence-electron chi connectivity index (χ1n) is 6.02. The first kappa shape index (κ1) is 15.4. The van der Waals surface area contributed by atoms with E-state index in [2.05, 4.69) is 19.0 Å². The number of allylic oxidation sites excluding steroid dienone is 2. The van der Waals surface area contributed by atoms with Gasteiger partial charge in [0.15, 0.2) is 0 Å². The molecule has 0 aromatic heterocycles. The van der Waals surface area contributed by atoms with Crippen LogP contribution in [-0.4, -0.2) is 36.2 Å². The lowest BCUT2D eigenvalue weighted by Crippen LogP contribution is -2.32. The van der Waals surface area contributed by atoms with Crippen LogP contribution in [-0.2, 0) is 0 Å². The minimum absolute atomic E-state index is 0.750. The summed E-state index contributed by atoms with van der Waals surface area (Å²) in [5.41, 5.74) is 1.34. The minimum atomic E-state index is -0.750. The summed E-state index contributed by atoms with van der Waals surface area (Å²) in [7, 11) is 4.12. The molecule has 0 aliphatic heterocycles. The van der Waals surface area contributed by atoms with Crippen molar-refractivity contribution in [2.75, 3.05) is 20.6 Å². The van der Waals surface area contributed by atoms with Crippen LogP contribution in [0.4, 0.5) is 0 Å². The highest BCUT2D eigenvalue weighted by Gasteiger charge is 2.29. The molecule has 94 valence electrons. The van der Waals surface area contributed by atoms with Crippen LogP contribution in [0.15, 0.2) is 23.3 Å². The molecule has 0 rings (SSSR count). The third-order valence-corrected chi connectivity index (χ3v) is 3.31. The molecule has 0 aliphatic carbocycles. The van der Waals surface area contributed by atoms with Crippen LogP contribution in [0.3, 0.4) is 0 Å². The Kier molecular flexibility index (Phi) is 6.61. The van der Waals surface area contributed by atoms with Crippen molar-refractivity contribution in [3.8, 4) is 0 Å². The molecule has 0 aromatic rings. The molecule has 0 saturated heterocycles. The van der Waals surface area contributed by atoms with E-state index in [0.717, 1.165) is 30.5 Å². The Morgan fingerprint density at radius 3 is 1.88 bits per heavy atom. The minimum Gasteiger partial charge on any atom is -0.381 e. The molecule has 1 N–H and O–H groups in total. The summed E-state index contributed by atoms with van der Waals surface area (Å²) in [4.78, 5) is 2.15. The van der Waals surface area contributed by atoms with Gasteiger partial charge in [-0.3, -0.25) is 0 Å². The van der Waals surface area contributed by atoms with Gasteiger partial charge in [-0.2, -0.15) is 0 Å². The summed E-state index contributed by atoms with van der Waals surface area (Å²) in [6, 6.07) is 0. The van der Waals surface area contributed by atoms with Crippen LogP contribution in [0.2, 0.25) is 0 Å². The molecular weight excluding hydrogens is 198 g/mol. The van der Waals surface area contributed by atoms with Crippen molar-refractivity contribution >= 4 is 0 Å². The van der Waals surface area contributed by atoms with Gasteiger partial charge in [0.05, 0.1) is 0 Å². The fraction of sp³-hybridized carbons (Fsp3) is 0.714. The van der Waals surface area contributed by atoms with Crippen molar-refractivity contribution in [1.29, 1.82) is 0 Å². The average Bonchev–Trinajstić information content (AvgIpc) is 2.25. The molecule has 0 aromatic carbocycles. The van der Waals surface area contributed by atoms with E-state index < -0.39 is 5.60 Å². The molecule has 16 heavy (non-hydrogen) atoms. The van der Waals surface area contributed by atoms with Gasteiger partial charge < -0.3 is 10.0 Å². The molecule has 2 nitrogen and oxygen atoms in total. The van der Waals surface area contributed by atoms with E-state index in [1.807, 2.05) is 39.8 Å². The third kappa shape index (κ3) is 4.11. The van der Waals surface area contributed by atoms with Crippen LogP contribution >= 0.6 is 0 Å². The lowest BCUT2D eigenvalue weighted by molar-refractivity contribution is 0.101. The molecule has 0 bridgehead atoms. The zero-order valence-corrected chi connectivity index (χ0v) is 11.7. The Hall–Kier alpha value is -0.600. The smallest absolute Gasteiger partial charge is 0.106 e. The molecular formula is C14H27NO. The Balaban J connectivity index is 4.70. The maximum absolute atomic E-state index is 10.7. The van der Waals surface area contributed by atoms with Gasteiger partial charge in [0, 0.05) is 0 Å². The average molecular weight is 225 g/mol.